The van der Waals surface area contributed by atoms with Crippen LogP contribution in [0.1, 0.15) is 18.1 Å². The van der Waals surface area contributed by atoms with Crippen molar-refractivity contribution in [2.75, 3.05) is 5.73 Å². The average Bonchev–Trinajstić information content (AvgIpc) is 2.33. The molecule has 0 radical (unpaired) electrons. The van der Waals surface area contributed by atoms with Gasteiger partial charge >= 0.3 is 0 Å². The van der Waals surface area contributed by atoms with Gasteiger partial charge in [-0.05, 0) is 48.1 Å². The van der Waals surface area contributed by atoms with E-state index in [1.54, 1.807) is 0 Å². The summed E-state index contributed by atoms with van der Waals surface area (Å²) in [5.74, 6) is 0.614. The van der Waals surface area contributed by atoms with Crippen molar-refractivity contribution in [2.45, 2.75) is 19.8 Å². The lowest BCUT2D eigenvalue weighted by Crippen LogP contribution is -2.04. The van der Waals surface area contributed by atoms with E-state index in [4.69, 9.17) is 5.73 Å². The van der Waals surface area contributed by atoms with Crippen LogP contribution in [-0.4, -0.2) is 4.98 Å². The molecule has 1 aromatic heterocycles. The van der Waals surface area contributed by atoms with Gasteiger partial charge in [0, 0.05) is 18.1 Å². The first-order valence-corrected chi connectivity index (χ1v) is 5.97. The summed E-state index contributed by atoms with van der Waals surface area (Å²) in [7, 11) is 0. The monoisotopic (exact) mass is 226 g/mol. The number of rotatable bonds is 4. The lowest BCUT2D eigenvalue weighted by molar-refractivity contribution is 0.576. The molecule has 0 aliphatic carbocycles. The fourth-order valence-corrected chi connectivity index (χ4v) is 2.05. The second-order valence-corrected chi connectivity index (χ2v) is 4.62. The molecule has 1 unspecified atom stereocenters. The Morgan fingerprint density at radius 1 is 1.06 bits per heavy atom. The Morgan fingerprint density at radius 2 is 1.76 bits per heavy atom. The molecule has 0 saturated carbocycles. The average molecular weight is 226 g/mol. The molecule has 0 bridgehead atoms. The van der Waals surface area contributed by atoms with E-state index in [0.29, 0.717) is 5.92 Å². The molecule has 0 aliphatic rings. The number of pyridine rings is 1. The molecule has 2 heteroatoms. The summed E-state index contributed by atoms with van der Waals surface area (Å²) in [6.45, 7) is 2.27. The maximum atomic E-state index is 5.67. The molecule has 17 heavy (non-hydrogen) atoms. The Kier molecular flexibility index (Phi) is 3.76. The number of hydrogen-bond acceptors (Lipinski definition) is 2. The van der Waals surface area contributed by atoms with E-state index in [2.05, 4.69) is 30.1 Å². The summed E-state index contributed by atoms with van der Waals surface area (Å²) in [4.78, 5) is 4.14. The minimum absolute atomic E-state index is 0.614. The van der Waals surface area contributed by atoms with Crippen molar-refractivity contribution in [3.05, 3.63) is 59.9 Å². The van der Waals surface area contributed by atoms with E-state index in [9.17, 15) is 0 Å². The highest BCUT2D eigenvalue weighted by molar-refractivity contribution is 5.39. The Hall–Kier alpha value is -1.83. The molecule has 1 heterocycles. The van der Waals surface area contributed by atoms with Crippen LogP contribution in [0.3, 0.4) is 0 Å². The van der Waals surface area contributed by atoms with Gasteiger partial charge in [0.2, 0.25) is 0 Å². The van der Waals surface area contributed by atoms with Crippen LogP contribution in [0, 0.1) is 5.92 Å². The van der Waals surface area contributed by atoms with Crippen LogP contribution < -0.4 is 5.73 Å². The van der Waals surface area contributed by atoms with Gasteiger partial charge in [-0.3, -0.25) is 4.98 Å². The van der Waals surface area contributed by atoms with Gasteiger partial charge in [-0.25, -0.2) is 0 Å². The van der Waals surface area contributed by atoms with Crippen LogP contribution in [0.15, 0.2) is 48.8 Å². The summed E-state index contributed by atoms with van der Waals surface area (Å²) < 4.78 is 0. The summed E-state index contributed by atoms with van der Waals surface area (Å²) in [5.41, 5.74) is 9.14. The van der Waals surface area contributed by atoms with Crippen molar-refractivity contribution in [1.29, 1.82) is 0 Å². The number of hydrogen-bond donors (Lipinski definition) is 1. The first-order chi connectivity index (χ1) is 8.24. The van der Waals surface area contributed by atoms with Gasteiger partial charge in [0.1, 0.15) is 0 Å². The number of benzene rings is 1. The highest BCUT2D eigenvalue weighted by Gasteiger charge is 2.05. The van der Waals surface area contributed by atoms with Crippen molar-refractivity contribution in [3.63, 3.8) is 0 Å². The number of nitrogens with two attached hydrogens (primary N) is 1. The summed E-state index contributed by atoms with van der Waals surface area (Å²) in [6, 6.07) is 12.3. The standard InChI is InChI=1S/C15H18N2/c1-12(10-14-3-2-8-17-11-14)9-13-4-6-15(16)7-5-13/h2-8,11-12H,9-10,16H2,1H3. The third-order valence-electron chi connectivity index (χ3n) is 2.87. The molecule has 0 spiro atoms. The second-order valence-electron chi connectivity index (χ2n) is 4.62. The van der Waals surface area contributed by atoms with Crippen molar-refractivity contribution in [1.82, 2.24) is 4.98 Å². The maximum absolute atomic E-state index is 5.67. The van der Waals surface area contributed by atoms with Crippen LogP contribution in [0.25, 0.3) is 0 Å². The fourth-order valence-electron chi connectivity index (χ4n) is 2.05. The van der Waals surface area contributed by atoms with Crippen LogP contribution in [0.2, 0.25) is 0 Å². The van der Waals surface area contributed by atoms with Gasteiger partial charge < -0.3 is 5.73 Å². The predicted molar refractivity (Wildman–Crippen MR) is 71.7 cm³/mol. The van der Waals surface area contributed by atoms with Crippen molar-refractivity contribution in [2.24, 2.45) is 5.92 Å². The maximum Gasteiger partial charge on any atom is 0.0314 e. The first kappa shape index (κ1) is 11.6. The zero-order valence-corrected chi connectivity index (χ0v) is 10.1. The van der Waals surface area contributed by atoms with E-state index in [1.807, 2.05) is 30.6 Å². The van der Waals surface area contributed by atoms with Crippen molar-refractivity contribution < 1.29 is 0 Å². The quantitative estimate of drug-likeness (QED) is 0.814. The van der Waals surface area contributed by atoms with E-state index < -0.39 is 0 Å². The second kappa shape index (κ2) is 5.48. The molecule has 0 amide bonds. The number of nitrogens with zero attached hydrogens (tertiary/aromatic N) is 1. The first-order valence-electron chi connectivity index (χ1n) is 5.97. The van der Waals surface area contributed by atoms with Gasteiger partial charge in [0.25, 0.3) is 0 Å². The third-order valence-corrected chi connectivity index (χ3v) is 2.87. The number of anilines is 1. The highest BCUT2D eigenvalue weighted by atomic mass is 14.6. The van der Waals surface area contributed by atoms with Crippen LogP contribution >= 0.6 is 0 Å². The smallest absolute Gasteiger partial charge is 0.0314 e. The van der Waals surface area contributed by atoms with Gasteiger partial charge in [0.05, 0.1) is 0 Å². The van der Waals surface area contributed by atoms with Crippen molar-refractivity contribution in [3.8, 4) is 0 Å². The molecule has 2 N–H and O–H groups in total. The molecule has 2 aromatic rings. The molecule has 0 aliphatic heterocycles. The molecular weight excluding hydrogens is 208 g/mol. The SMILES string of the molecule is CC(Cc1ccc(N)cc1)Cc1cccnc1. The van der Waals surface area contributed by atoms with E-state index in [1.165, 1.54) is 11.1 Å². The lowest BCUT2D eigenvalue weighted by Gasteiger charge is -2.11. The van der Waals surface area contributed by atoms with Crippen LogP contribution in [0.5, 0.6) is 0 Å². The Labute approximate surface area is 103 Å². The number of aromatic nitrogens is 1. The van der Waals surface area contributed by atoms with Crippen LogP contribution in [-0.2, 0) is 12.8 Å². The largest absolute Gasteiger partial charge is 0.399 e. The highest BCUT2D eigenvalue weighted by Crippen LogP contribution is 2.14. The van der Waals surface area contributed by atoms with Gasteiger partial charge in [0.15, 0.2) is 0 Å². The molecule has 0 saturated heterocycles. The van der Waals surface area contributed by atoms with Crippen molar-refractivity contribution >= 4 is 5.69 Å². The molecule has 1 aromatic carbocycles. The summed E-state index contributed by atoms with van der Waals surface area (Å²) in [6.07, 6.45) is 5.90. The molecular formula is C15H18N2. The topological polar surface area (TPSA) is 38.9 Å². The minimum Gasteiger partial charge on any atom is -0.399 e. The molecule has 1 atom stereocenters. The van der Waals surface area contributed by atoms with E-state index in [0.717, 1.165) is 18.5 Å². The van der Waals surface area contributed by atoms with Crippen LogP contribution in [0.4, 0.5) is 5.69 Å². The molecule has 0 fully saturated rings. The Balaban J connectivity index is 1.93. The predicted octanol–water partition coefficient (Wildman–Crippen LogP) is 3.09. The summed E-state index contributed by atoms with van der Waals surface area (Å²) >= 11 is 0. The molecule has 88 valence electrons. The Morgan fingerprint density at radius 3 is 2.41 bits per heavy atom. The zero-order chi connectivity index (χ0) is 12.1. The zero-order valence-electron chi connectivity index (χ0n) is 10.1. The normalized spacial score (nSPS) is 12.3. The lowest BCUT2D eigenvalue weighted by atomic mass is 9.95. The van der Waals surface area contributed by atoms with Gasteiger partial charge in [-0.15, -0.1) is 0 Å². The third kappa shape index (κ3) is 3.59. The molecule has 2 nitrogen and oxygen atoms in total. The van der Waals surface area contributed by atoms with E-state index in [-0.39, 0.29) is 0 Å². The number of nitrogen functional groups attached to an aromatic ring is 1. The summed E-state index contributed by atoms with van der Waals surface area (Å²) in [5, 5.41) is 0. The molecule has 2 rings (SSSR count). The van der Waals surface area contributed by atoms with Gasteiger partial charge in [-0.1, -0.05) is 25.1 Å². The Bertz CT molecular complexity index is 448. The fraction of sp³-hybridized carbons (Fsp3) is 0.267. The van der Waals surface area contributed by atoms with Gasteiger partial charge in [-0.2, -0.15) is 0 Å². The van der Waals surface area contributed by atoms with E-state index >= 15 is 0 Å². The minimum atomic E-state index is 0.614.